The SMILES string of the molecule is CCOc1ccc2c(c1)CC(NCCCCO)C(=O)N2c1ccc2c(c1)[C@@]1(O[C@H](CCn3cc(CCO)nn3)[C@@H]([Si](C)(C)c3ccc(OC)cc3)[C@@H]1C)C(=O)N2CCCCC(=O)OC. The van der Waals surface area contributed by atoms with Gasteiger partial charge < -0.3 is 39.4 Å². The summed E-state index contributed by atoms with van der Waals surface area (Å²) in [5.74, 6) is 0.621. The molecule has 1 spiro atoms. The quantitative estimate of drug-likeness (QED) is 0.0570. The Morgan fingerprint density at radius 1 is 0.953 bits per heavy atom. The lowest BCUT2D eigenvalue weighted by molar-refractivity contribution is -0.146. The Bertz CT molecular complexity index is 2270. The molecule has 0 bridgehead atoms. The minimum Gasteiger partial charge on any atom is -0.497 e. The lowest BCUT2D eigenvalue weighted by Crippen LogP contribution is -2.52. The Morgan fingerprint density at radius 2 is 1.72 bits per heavy atom. The third kappa shape index (κ3) is 9.20. The van der Waals surface area contributed by atoms with Crippen LogP contribution in [0, 0.1) is 5.92 Å². The number of aryl methyl sites for hydroxylation is 1. The maximum Gasteiger partial charge on any atom is 0.305 e. The van der Waals surface area contributed by atoms with E-state index in [0.29, 0.717) is 81.7 Å². The first-order chi connectivity index (χ1) is 30.9. The highest BCUT2D eigenvalue weighted by Gasteiger charge is 2.66. The minimum absolute atomic E-state index is 0.0262. The molecular weight excluding hydrogens is 833 g/mol. The van der Waals surface area contributed by atoms with Gasteiger partial charge in [-0.3, -0.25) is 24.0 Å². The molecule has 7 rings (SSSR count). The standard InChI is InChI=1S/C48H64N6O9Si/c1-7-62-37-16-20-41-33(28-37)29-40(49-23-9-11-26-55)46(58)54(41)35-13-19-42-39(30-35)48(47(59)53(42)24-10-8-12-44(57)61-4)32(2)45(64(5,6)38-17-14-36(60-3)15-18-38)43(63-48)21-25-52-31-34(22-27-56)50-51-52/h13-20,28,30-32,40,43,45,49,55-56H,7-12,21-27,29H2,1-6H3/t32-,40?,43+,45-,48+/m0/s1. The van der Waals surface area contributed by atoms with Crippen LogP contribution in [0.1, 0.15) is 69.2 Å². The van der Waals surface area contributed by atoms with Gasteiger partial charge in [-0.15, -0.1) is 5.10 Å². The zero-order valence-electron chi connectivity index (χ0n) is 38.0. The molecule has 1 aromatic heterocycles. The topological polar surface area (TPSA) is 178 Å². The summed E-state index contributed by atoms with van der Waals surface area (Å²) in [6.07, 6.45) is 5.61. The molecule has 1 saturated heterocycles. The number of fused-ring (bicyclic) bond motifs is 3. The van der Waals surface area contributed by atoms with Crippen LogP contribution in [0.25, 0.3) is 0 Å². The first-order valence-electron chi connectivity index (χ1n) is 22.7. The van der Waals surface area contributed by atoms with Crippen molar-refractivity contribution in [1.82, 2.24) is 20.3 Å². The molecule has 3 aromatic carbocycles. The molecule has 3 N–H and O–H groups in total. The molecule has 2 amide bonds. The first kappa shape index (κ1) is 46.8. The van der Waals surface area contributed by atoms with Gasteiger partial charge in [0.15, 0.2) is 5.60 Å². The van der Waals surface area contributed by atoms with Crippen LogP contribution in [0.4, 0.5) is 17.1 Å². The van der Waals surface area contributed by atoms with Crippen LogP contribution in [-0.4, -0.2) is 110 Å². The van der Waals surface area contributed by atoms with Crippen molar-refractivity contribution in [2.24, 2.45) is 5.92 Å². The van der Waals surface area contributed by atoms with Crippen molar-refractivity contribution in [3.8, 4) is 11.5 Å². The molecule has 0 saturated carbocycles. The van der Waals surface area contributed by atoms with Crippen molar-refractivity contribution >= 4 is 48.1 Å². The van der Waals surface area contributed by atoms with E-state index in [-0.39, 0.29) is 55.0 Å². The Balaban J connectivity index is 1.34. The number of anilines is 3. The van der Waals surface area contributed by atoms with Gasteiger partial charge in [0, 0.05) is 62.5 Å². The number of carbonyl (C=O) groups is 3. The average Bonchev–Trinajstić information content (AvgIpc) is 3.95. The van der Waals surface area contributed by atoms with Crippen LogP contribution >= 0.6 is 0 Å². The van der Waals surface area contributed by atoms with Gasteiger partial charge in [-0.25, -0.2) is 0 Å². The number of methoxy groups -OCH3 is 2. The summed E-state index contributed by atoms with van der Waals surface area (Å²) >= 11 is 0. The largest absolute Gasteiger partial charge is 0.497 e. The second-order valence-corrected chi connectivity index (χ2v) is 22.3. The molecule has 1 unspecified atom stereocenters. The lowest BCUT2D eigenvalue weighted by atomic mass is 9.82. The summed E-state index contributed by atoms with van der Waals surface area (Å²) in [7, 11) is 0.539. The summed E-state index contributed by atoms with van der Waals surface area (Å²) in [5.41, 5.74) is 3.01. The molecule has 64 heavy (non-hydrogen) atoms. The molecule has 3 aliphatic heterocycles. The number of aliphatic hydroxyl groups is 2. The third-order valence-electron chi connectivity index (χ3n) is 13.4. The predicted molar refractivity (Wildman–Crippen MR) is 246 cm³/mol. The van der Waals surface area contributed by atoms with E-state index in [0.717, 1.165) is 34.9 Å². The number of aromatic nitrogens is 3. The maximum atomic E-state index is 15.6. The smallest absolute Gasteiger partial charge is 0.305 e. The molecular formula is C48H64N6O9Si. The summed E-state index contributed by atoms with van der Waals surface area (Å²) in [6.45, 7) is 10.8. The molecule has 4 heterocycles. The highest BCUT2D eigenvalue weighted by Crippen LogP contribution is 2.60. The Kier molecular flexibility index (Phi) is 14.9. The minimum atomic E-state index is -2.49. The third-order valence-corrected chi connectivity index (χ3v) is 17.8. The van der Waals surface area contributed by atoms with Crippen molar-refractivity contribution in [3.63, 3.8) is 0 Å². The fourth-order valence-corrected chi connectivity index (χ4v) is 14.3. The van der Waals surface area contributed by atoms with Crippen molar-refractivity contribution in [2.75, 3.05) is 56.9 Å². The summed E-state index contributed by atoms with van der Waals surface area (Å²) in [6, 6.07) is 19.4. The zero-order valence-corrected chi connectivity index (χ0v) is 39.0. The maximum absolute atomic E-state index is 15.6. The monoisotopic (exact) mass is 896 g/mol. The van der Waals surface area contributed by atoms with E-state index in [1.165, 1.54) is 12.3 Å². The number of carbonyl (C=O) groups excluding carboxylic acids is 3. The first-order valence-corrected chi connectivity index (χ1v) is 25.8. The molecule has 0 radical (unpaired) electrons. The van der Waals surface area contributed by atoms with Gasteiger partial charge in [0.05, 0.1) is 58.1 Å². The Morgan fingerprint density at radius 3 is 2.44 bits per heavy atom. The van der Waals surface area contributed by atoms with Gasteiger partial charge in [0.25, 0.3) is 5.91 Å². The number of rotatable bonds is 21. The molecule has 5 atom stereocenters. The average molecular weight is 897 g/mol. The van der Waals surface area contributed by atoms with Crippen molar-refractivity contribution < 1.29 is 43.5 Å². The van der Waals surface area contributed by atoms with E-state index in [9.17, 15) is 19.8 Å². The van der Waals surface area contributed by atoms with Gasteiger partial charge in [0.2, 0.25) is 5.91 Å². The van der Waals surface area contributed by atoms with Gasteiger partial charge in [-0.1, -0.05) is 42.6 Å². The fraction of sp³-hybridized carbons (Fsp3) is 0.521. The second-order valence-electron chi connectivity index (χ2n) is 17.6. The number of benzene rings is 3. The highest BCUT2D eigenvalue weighted by atomic mass is 28.3. The van der Waals surface area contributed by atoms with E-state index < -0.39 is 19.7 Å². The van der Waals surface area contributed by atoms with Crippen LogP contribution in [0.15, 0.2) is 66.9 Å². The molecule has 0 aliphatic carbocycles. The van der Waals surface area contributed by atoms with Gasteiger partial charge in [-0.05, 0) is 112 Å². The van der Waals surface area contributed by atoms with Crippen LogP contribution in [0.2, 0.25) is 18.6 Å². The van der Waals surface area contributed by atoms with Gasteiger partial charge >= 0.3 is 5.97 Å². The number of nitrogens with zero attached hydrogens (tertiary/aromatic N) is 5. The second kappa shape index (κ2) is 20.4. The molecule has 15 nitrogen and oxygen atoms in total. The molecule has 1 fully saturated rings. The van der Waals surface area contributed by atoms with Crippen molar-refractivity contribution in [2.45, 2.75) is 108 Å². The zero-order chi connectivity index (χ0) is 45.6. The van der Waals surface area contributed by atoms with E-state index in [4.69, 9.17) is 18.9 Å². The molecule has 344 valence electrons. The van der Waals surface area contributed by atoms with Gasteiger partial charge in [-0.2, -0.15) is 0 Å². The number of aliphatic hydroxyl groups excluding tert-OH is 2. The summed E-state index contributed by atoms with van der Waals surface area (Å²) in [4.78, 5) is 46.0. The van der Waals surface area contributed by atoms with E-state index in [1.807, 2.05) is 66.6 Å². The fourth-order valence-electron chi connectivity index (χ4n) is 10.2. The van der Waals surface area contributed by atoms with E-state index in [2.05, 4.69) is 47.8 Å². The molecule has 4 aromatic rings. The number of hydrogen-bond donors (Lipinski definition) is 3. The van der Waals surface area contributed by atoms with E-state index >= 15 is 4.79 Å². The van der Waals surface area contributed by atoms with Crippen LogP contribution in [0.3, 0.4) is 0 Å². The van der Waals surface area contributed by atoms with Crippen molar-refractivity contribution in [3.05, 3.63) is 83.7 Å². The number of amides is 2. The molecule has 16 heteroatoms. The number of esters is 1. The van der Waals surface area contributed by atoms with Crippen LogP contribution in [0.5, 0.6) is 11.5 Å². The summed E-state index contributed by atoms with van der Waals surface area (Å²) in [5, 5.41) is 32.3. The normalized spacial score (nSPS) is 21.7. The predicted octanol–water partition coefficient (Wildman–Crippen LogP) is 5.17. The Hall–Kier alpha value is -5.13. The number of nitrogens with one attached hydrogen (secondary N) is 1. The summed E-state index contributed by atoms with van der Waals surface area (Å²) < 4.78 is 25.6. The van der Waals surface area contributed by atoms with Crippen LogP contribution < -0.4 is 29.8 Å². The van der Waals surface area contributed by atoms with Crippen LogP contribution in [-0.2, 0) is 48.8 Å². The number of hydrogen-bond acceptors (Lipinski definition) is 12. The number of ether oxygens (including phenoxy) is 4. The number of unbranched alkanes of at least 4 members (excludes halogenated alkanes) is 2. The van der Waals surface area contributed by atoms with Gasteiger partial charge in [0.1, 0.15) is 11.5 Å². The Labute approximate surface area is 377 Å². The van der Waals surface area contributed by atoms with E-state index in [1.54, 1.807) is 16.7 Å². The highest BCUT2D eigenvalue weighted by molar-refractivity contribution is 6.91. The van der Waals surface area contributed by atoms with Crippen molar-refractivity contribution in [1.29, 1.82) is 0 Å². The molecule has 3 aliphatic rings. The lowest BCUT2D eigenvalue weighted by Gasteiger charge is -2.37.